The Morgan fingerprint density at radius 3 is 2.45 bits per heavy atom. The Bertz CT molecular complexity index is 1740. The summed E-state index contributed by atoms with van der Waals surface area (Å²) >= 11 is 0. The highest BCUT2D eigenvalue weighted by Crippen LogP contribution is 2.39. The molecule has 0 radical (unpaired) electrons. The molecule has 5 aromatic rings. The van der Waals surface area contributed by atoms with Gasteiger partial charge in [-0.25, -0.2) is 0 Å². The van der Waals surface area contributed by atoms with Crippen LogP contribution in [0.15, 0.2) is 83.8 Å². The van der Waals surface area contributed by atoms with Gasteiger partial charge in [0.15, 0.2) is 0 Å². The highest BCUT2D eigenvalue weighted by atomic mass is 19.4. The number of phenolic OH excluding ortho intramolecular Hbond substituents is 1. The van der Waals surface area contributed by atoms with Crippen molar-refractivity contribution >= 4 is 27.5 Å². The number of pyridine rings is 2. The van der Waals surface area contributed by atoms with Crippen LogP contribution in [-0.4, -0.2) is 40.8 Å². The fraction of sp³-hybridized carbons (Fsp3) is 0.172. The van der Waals surface area contributed by atoms with Crippen LogP contribution in [-0.2, 0) is 6.18 Å². The van der Waals surface area contributed by atoms with Crippen LogP contribution >= 0.6 is 0 Å². The molecule has 0 saturated carbocycles. The van der Waals surface area contributed by atoms with E-state index in [2.05, 4.69) is 10.3 Å². The second-order valence-electron chi connectivity index (χ2n) is 9.29. The van der Waals surface area contributed by atoms with Crippen molar-refractivity contribution in [2.75, 3.05) is 31.1 Å². The molecule has 192 valence electrons. The van der Waals surface area contributed by atoms with E-state index < -0.39 is 17.3 Å². The normalized spacial score (nSPS) is 14.3. The fourth-order valence-corrected chi connectivity index (χ4v) is 5.10. The van der Waals surface area contributed by atoms with E-state index in [1.165, 1.54) is 16.7 Å². The number of benzene rings is 3. The maximum absolute atomic E-state index is 14.3. The lowest BCUT2D eigenvalue weighted by Crippen LogP contribution is -2.44. The number of halogens is 3. The van der Waals surface area contributed by atoms with Crippen LogP contribution in [0.4, 0.5) is 18.9 Å². The van der Waals surface area contributed by atoms with Crippen LogP contribution in [0.25, 0.3) is 38.6 Å². The third kappa shape index (κ3) is 4.24. The molecule has 3 aromatic carbocycles. The monoisotopic (exact) mass is 516 g/mol. The molecule has 3 heterocycles. The lowest BCUT2D eigenvalue weighted by Gasteiger charge is -2.32. The third-order valence-electron chi connectivity index (χ3n) is 6.90. The van der Waals surface area contributed by atoms with E-state index in [1.54, 1.807) is 47.5 Å². The Morgan fingerprint density at radius 1 is 0.895 bits per heavy atom. The van der Waals surface area contributed by atoms with Gasteiger partial charge in [-0.3, -0.25) is 14.3 Å². The average molecular weight is 517 g/mol. The molecule has 0 spiro atoms. The van der Waals surface area contributed by atoms with E-state index in [1.807, 2.05) is 18.2 Å². The Hall–Kier alpha value is -4.37. The van der Waals surface area contributed by atoms with Crippen molar-refractivity contribution in [3.05, 3.63) is 94.9 Å². The van der Waals surface area contributed by atoms with Crippen LogP contribution in [0.1, 0.15) is 5.56 Å². The standard InChI is InChI=1S/C29H23F3N4O2/c30-29(31,32)24-16-21(6-8-26(24)35-12-10-33-11-13-35)36-27(38)9-5-20-17-34-25-7-4-19(15-23(25)28(20)36)18-2-1-3-22(37)14-18/h1-9,14-17,33,37H,10-13H2. The molecular formula is C29H23F3N4O2. The summed E-state index contributed by atoms with van der Waals surface area (Å²) in [5.74, 6) is 0.111. The van der Waals surface area contributed by atoms with Gasteiger partial charge in [-0.05, 0) is 59.7 Å². The van der Waals surface area contributed by atoms with Gasteiger partial charge in [0.2, 0.25) is 0 Å². The summed E-state index contributed by atoms with van der Waals surface area (Å²) < 4.78 is 44.2. The van der Waals surface area contributed by atoms with Gasteiger partial charge in [-0.15, -0.1) is 0 Å². The van der Waals surface area contributed by atoms with Crippen molar-refractivity contribution in [3.8, 4) is 22.6 Å². The molecule has 2 aromatic heterocycles. The Morgan fingerprint density at radius 2 is 1.68 bits per heavy atom. The van der Waals surface area contributed by atoms with Crippen LogP contribution in [0, 0.1) is 0 Å². The molecule has 0 bridgehead atoms. The summed E-state index contributed by atoms with van der Waals surface area (Å²) in [5, 5.41) is 14.3. The SMILES string of the molecule is O=c1ccc2cnc3ccc(-c4cccc(O)c4)cc3c2n1-c1ccc(N2CCNCC2)c(C(F)(F)F)c1. The summed E-state index contributed by atoms with van der Waals surface area (Å²) in [4.78, 5) is 19.5. The van der Waals surface area contributed by atoms with E-state index in [0.717, 1.165) is 17.2 Å². The molecule has 9 heteroatoms. The number of anilines is 1. The van der Waals surface area contributed by atoms with Crippen molar-refractivity contribution in [1.82, 2.24) is 14.9 Å². The molecule has 2 N–H and O–H groups in total. The molecule has 0 amide bonds. The van der Waals surface area contributed by atoms with Crippen molar-refractivity contribution in [2.45, 2.75) is 6.18 Å². The minimum Gasteiger partial charge on any atom is -0.508 e. The lowest BCUT2D eigenvalue weighted by atomic mass is 10.0. The van der Waals surface area contributed by atoms with Crippen molar-refractivity contribution in [3.63, 3.8) is 0 Å². The number of nitrogens with zero attached hydrogens (tertiary/aromatic N) is 3. The molecular weight excluding hydrogens is 493 g/mol. The van der Waals surface area contributed by atoms with Crippen molar-refractivity contribution in [1.29, 1.82) is 0 Å². The minimum atomic E-state index is -4.60. The van der Waals surface area contributed by atoms with Gasteiger partial charge in [0, 0.05) is 54.9 Å². The van der Waals surface area contributed by atoms with Gasteiger partial charge in [0.1, 0.15) is 5.75 Å². The zero-order chi connectivity index (χ0) is 26.4. The Balaban J connectivity index is 1.61. The van der Waals surface area contributed by atoms with Crippen molar-refractivity contribution in [2.24, 2.45) is 0 Å². The fourth-order valence-electron chi connectivity index (χ4n) is 5.10. The second-order valence-corrected chi connectivity index (χ2v) is 9.29. The molecule has 0 atom stereocenters. The number of aromatic hydroxyl groups is 1. The van der Waals surface area contributed by atoms with Crippen LogP contribution in [0.3, 0.4) is 0 Å². The maximum atomic E-state index is 14.3. The van der Waals surface area contributed by atoms with E-state index in [9.17, 15) is 23.1 Å². The Kier molecular flexibility index (Phi) is 5.80. The highest BCUT2D eigenvalue weighted by Gasteiger charge is 2.36. The third-order valence-corrected chi connectivity index (χ3v) is 6.90. The molecule has 38 heavy (non-hydrogen) atoms. The largest absolute Gasteiger partial charge is 0.508 e. The van der Waals surface area contributed by atoms with Gasteiger partial charge >= 0.3 is 6.18 Å². The van der Waals surface area contributed by atoms with E-state index in [0.29, 0.717) is 48.0 Å². The summed E-state index contributed by atoms with van der Waals surface area (Å²) in [5.41, 5.74) is 1.59. The topological polar surface area (TPSA) is 70.4 Å². The van der Waals surface area contributed by atoms with Gasteiger partial charge in [0.05, 0.1) is 22.3 Å². The molecule has 6 rings (SSSR count). The van der Waals surface area contributed by atoms with E-state index in [-0.39, 0.29) is 17.1 Å². The Labute approximate surface area is 215 Å². The zero-order valence-electron chi connectivity index (χ0n) is 20.2. The minimum absolute atomic E-state index is 0.105. The smallest absolute Gasteiger partial charge is 0.418 e. The number of alkyl halides is 3. The summed E-state index contributed by atoms with van der Waals surface area (Å²) in [6.45, 7) is 2.13. The predicted molar refractivity (Wildman–Crippen MR) is 142 cm³/mol. The molecule has 6 nitrogen and oxygen atoms in total. The predicted octanol–water partition coefficient (Wildman–Crippen LogP) is 5.34. The van der Waals surface area contributed by atoms with Gasteiger partial charge in [-0.2, -0.15) is 13.2 Å². The van der Waals surface area contributed by atoms with Gasteiger partial charge in [0.25, 0.3) is 5.56 Å². The number of hydrogen-bond acceptors (Lipinski definition) is 5. The zero-order valence-corrected chi connectivity index (χ0v) is 20.2. The van der Waals surface area contributed by atoms with Gasteiger partial charge < -0.3 is 15.3 Å². The number of fused-ring (bicyclic) bond motifs is 3. The number of phenols is 1. The molecule has 0 aliphatic carbocycles. The van der Waals surface area contributed by atoms with E-state index >= 15 is 0 Å². The van der Waals surface area contributed by atoms with Crippen LogP contribution < -0.4 is 15.8 Å². The first-order valence-electron chi connectivity index (χ1n) is 12.2. The first-order chi connectivity index (χ1) is 18.3. The molecule has 1 aliphatic heterocycles. The average Bonchev–Trinajstić information content (AvgIpc) is 2.92. The first kappa shape index (κ1) is 24.0. The molecule has 1 saturated heterocycles. The summed E-state index contributed by atoms with van der Waals surface area (Å²) in [6, 6.07) is 19.3. The molecule has 1 fully saturated rings. The van der Waals surface area contributed by atoms with Crippen LogP contribution in [0.2, 0.25) is 0 Å². The first-order valence-corrected chi connectivity index (χ1v) is 12.2. The maximum Gasteiger partial charge on any atom is 0.418 e. The van der Waals surface area contributed by atoms with Crippen molar-refractivity contribution < 1.29 is 18.3 Å². The molecule has 0 unspecified atom stereocenters. The second kappa shape index (κ2) is 9.18. The number of hydrogen-bond donors (Lipinski definition) is 2. The van der Waals surface area contributed by atoms with E-state index in [4.69, 9.17) is 0 Å². The number of rotatable bonds is 3. The van der Waals surface area contributed by atoms with Crippen LogP contribution in [0.5, 0.6) is 5.75 Å². The van der Waals surface area contributed by atoms with Gasteiger partial charge in [-0.1, -0.05) is 18.2 Å². The number of aromatic nitrogens is 2. The molecule has 1 aliphatic rings. The highest BCUT2D eigenvalue weighted by molar-refractivity contribution is 6.05. The quantitative estimate of drug-likeness (QED) is 0.317. The summed E-state index contributed by atoms with van der Waals surface area (Å²) in [7, 11) is 0. The lowest BCUT2D eigenvalue weighted by molar-refractivity contribution is -0.137. The summed E-state index contributed by atoms with van der Waals surface area (Å²) in [6.07, 6.45) is -2.99. The number of piperazine rings is 1. The number of nitrogens with one attached hydrogen (secondary N) is 1.